The molecule has 0 saturated carbocycles. The van der Waals surface area contributed by atoms with Gasteiger partial charge in [-0.05, 0) is 51.3 Å². The van der Waals surface area contributed by atoms with Crippen LogP contribution < -0.4 is 5.32 Å². The summed E-state index contributed by atoms with van der Waals surface area (Å²) in [6.07, 6.45) is 2.63. The maximum atomic E-state index is 12.9. The lowest BCUT2D eigenvalue weighted by Gasteiger charge is -2.32. The molecule has 0 radical (unpaired) electrons. The molecular weight excluding hydrogens is 344 g/mol. The molecule has 1 amide bonds. The number of piperidine rings is 1. The fraction of sp³-hybridized carbons (Fsp3) is 0.529. The third kappa shape index (κ3) is 4.19. The van der Waals surface area contributed by atoms with Crippen LogP contribution in [0.25, 0.3) is 0 Å². The Morgan fingerprint density at radius 3 is 2.60 bits per heavy atom. The van der Waals surface area contributed by atoms with Crippen LogP contribution in [0.15, 0.2) is 23.1 Å². The zero-order valence-corrected chi connectivity index (χ0v) is 15.5. The Labute approximate surface area is 148 Å². The zero-order valence-electron chi connectivity index (χ0n) is 14.7. The van der Waals surface area contributed by atoms with Gasteiger partial charge in [0, 0.05) is 18.2 Å². The van der Waals surface area contributed by atoms with Crippen molar-refractivity contribution in [3.63, 3.8) is 0 Å². The molecular formula is C17H24N2O5S. The van der Waals surface area contributed by atoms with Gasteiger partial charge in [-0.15, -0.1) is 0 Å². The van der Waals surface area contributed by atoms with Crippen LogP contribution in [0, 0.1) is 6.92 Å². The number of hydrogen-bond acceptors (Lipinski definition) is 4. The van der Waals surface area contributed by atoms with Crippen molar-refractivity contribution in [1.29, 1.82) is 0 Å². The Hall–Kier alpha value is -1.93. The van der Waals surface area contributed by atoms with Gasteiger partial charge in [0.2, 0.25) is 10.0 Å². The average molecular weight is 368 g/mol. The third-order valence-electron chi connectivity index (χ3n) is 4.52. The molecule has 1 aliphatic rings. The van der Waals surface area contributed by atoms with Crippen molar-refractivity contribution >= 4 is 21.9 Å². The van der Waals surface area contributed by atoms with Gasteiger partial charge in [0.15, 0.2) is 0 Å². The average Bonchev–Trinajstić information content (AvgIpc) is 2.54. The Bertz CT molecular complexity index is 775. The second-order valence-corrected chi connectivity index (χ2v) is 8.36. The quantitative estimate of drug-likeness (QED) is 0.824. The zero-order chi connectivity index (χ0) is 18.8. The first-order valence-electron chi connectivity index (χ1n) is 8.30. The molecule has 138 valence electrons. The lowest BCUT2D eigenvalue weighted by molar-refractivity contribution is -0.138. The fourth-order valence-corrected chi connectivity index (χ4v) is 4.63. The second kappa shape index (κ2) is 7.53. The molecule has 0 bridgehead atoms. The summed E-state index contributed by atoms with van der Waals surface area (Å²) in [6.45, 7) is 5.38. The lowest BCUT2D eigenvalue weighted by Crippen LogP contribution is -2.42. The van der Waals surface area contributed by atoms with Crippen LogP contribution in [0.4, 0.5) is 0 Å². The van der Waals surface area contributed by atoms with Crippen molar-refractivity contribution in [2.24, 2.45) is 0 Å². The lowest BCUT2D eigenvalue weighted by atomic mass is 10.1. The molecule has 0 aromatic heterocycles. The maximum absolute atomic E-state index is 12.9. The van der Waals surface area contributed by atoms with Crippen molar-refractivity contribution in [3.05, 3.63) is 29.3 Å². The molecule has 1 aromatic carbocycles. The number of nitrogens with one attached hydrogen (secondary N) is 1. The minimum absolute atomic E-state index is 0.0555. The van der Waals surface area contributed by atoms with Crippen molar-refractivity contribution in [1.82, 2.24) is 9.62 Å². The molecule has 2 N–H and O–H groups in total. The molecule has 1 saturated heterocycles. The van der Waals surface area contributed by atoms with Gasteiger partial charge in [-0.1, -0.05) is 12.5 Å². The molecule has 1 aromatic rings. The molecule has 7 nitrogen and oxygen atoms in total. The predicted octanol–water partition coefficient (Wildman–Crippen LogP) is 1.76. The third-order valence-corrected chi connectivity index (χ3v) is 6.53. The van der Waals surface area contributed by atoms with E-state index in [1.165, 1.54) is 23.4 Å². The van der Waals surface area contributed by atoms with E-state index in [2.05, 4.69) is 5.32 Å². The van der Waals surface area contributed by atoms with Crippen LogP contribution in [0.5, 0.6) is 0 Å². The Balaban J connectivity index is 2.34. The highest BCUT2D eigenvalue weighted by molar-refractivity contribution is 7.89. The molecule has 1 fully saturated rings. The van der Waals surface area contributed by atoms with Crippen LogP contribution in [-0.4, -0.2) is 48.3 Å². The van der Waals surface area contributed by atoms with Crippen molar-refractivity contribution < 1.29 is 23.1 Å². The minimum atomic E-state index is -3.69. The highest BCUT2D eigenvalue weighted by atomic mass is 32.2. The van der Waals surface area contributed by atoms with Crippen LogP contribution in [0.3, 0.4) is 0 Å². The summed E-state index contributed by atoms with van der Waals surface area (Å²) in [4.78, 5) is 23.3. The Kier molecular flexibility index (Phi) is 5.84. The SMILES string of the molecule is Cc1ccc(S(=O)(=O)N2CCCCC2C)cc1C(=O)N[C@H](C)C(=O)O. The number of aryl methyl sites for hydroxylation is 1. The van der Waals surface area contributed by atoms with Gasteiger partial charge in [0.25, 0.3) is 5.91 Å². The summed E-state index contributed by atoms with van der Waals surface area (Å²) in [5.74, 6) is -1.76. The topological polar surface area (TPSA) is 104 Å². The minimum Gasteiger partial charge on any atom is -0.480 e. The monoisotopic (exact) mass is 368 g/mol. The van der Waals surface area contributed by atoms with E-state index in [0.717, 1.165) is 19.3 Å². The molecule has 8 heteroatoms. The number of rotatable bonds is 5. The summed E-state index contributed by atoms with van der Waals surface area (Å²) in [5.41, 5.74) is 0.750. The largest absolute Gasteiger partial charge is 0.480 e. The van der Waals surface area contributed by atoms with E-state index < -0.39 is 27.9 Å². The number of carboxylic acids is 1. The summed E-state index contributed by atoms with van der Waals surface area (Å²) >= 11 is 0. The predicted molar refractivity (Wildman–Crippen MR) is 92.9 cm³/mol. The van der Waals surface area contributed by atoms with Crippen LogP contribution in [0.2, 0.25) is 0 Å². The first kappa shape index (κ1) is 19.4. The number of carbonyl (C=O) groups excluding carboxylic acids is 1. The molecule has 2 rings (SSSR count). The van der Waals surface area contributed by atoms with E-state index in [9.17, 15) is 18.0 Å². The first-order valence-corrected chi connectivity index (χ1v) is 9.74. The van der Waals surface area contributed by atoms with Gasteiger partial charge >= 0.3 is 5.97 Å². The van der Waals surface area contributed by atoms with E-state index in [1.807, 2.05) is 6.92 Å². The van der Waals surface area contributed by atoms with Gasteiger partial charge in [0.1, 0.15) is 6.04 Å². The first-order chi connectivity index (χ1) is 11.6. The van der Waals surface area contributed by atoms with Crippen LogP contribution in [0.1, 0.15) is 49.0 Å². The number of nitrogens with zero attached hydrogens (tertiary/aromatic N) is 1. The fourth-order valence-electron chi connectivity index (χ4n) is 2.91. The Morgan fingerprint density at radius 2 is 2.00 bits per heavy atom. The van der Waals surface area contributed by atoms with Gasteiger partial charge in [0.05, 0.1) is 4.90 Å². The van der Waals surface area contributed by atoms with Gasteiger partial charge in [-0.2, -0.15) is 4.31 Å². The molecule has 1 heterocycles. The normalized spacial score (nSPS) is 20.0. The van der Waals surface area contributed by atoms with E-state index >= 15 is 0 Å². The Morgan fingerprint density at radius 1 is 1.32 bits per heavy atom. The number of amides is 1. The van der Waals surface area contributed by atoms with E-state index in [1.54, 1.807) is 13.0 Å². The second-order valence-electron chi connectivity index (χ2n) is 6.47. The summed E-state index contributed by atoms with van der Waals surface area (Å²) < 4.78 is 27.3. The van der Waals surface area contributed by atoms with Crippen molar-refractivity contribution in [3.8, 4) is 0 Å². The standard InChI is InChI=1S/C17H24N2O5S/c1-11-7-8-14(10-15(11)16(20)18-13(3)17(21)22)25(23,24)19-9-5-4-6-12(19)2/h7-8,10,12-13H,4-6,9H2,1-3H3,(H,18,20)(H,21,22)/t12?,13-/m1/s1. The summed E-state index contributed by atoms with van der Waals surface area (Å²) in [5, 5.41) is 11.3. The van der Waals surface area contributed by atoms with Gasteiger partial charge < -0.3 is 10.4 Å². The highest BCUT2D eigenvalue weighted by Crippen LogP contribution is 2.26. The number of carboxylic acid groups (broad SMARTS) is 1. The van der Waals surface area contributed by atoms with Gasteiger partial charge in [-0.25, -0.2) is 8.42 Å². The number of sulfonamides is 1. The highest BCUT2D eigenvalue weighted by Gasteiger charge is 2.31. The number of benzene rings is 1. The summed E-state index contributed by atoms with van der Waals surface area (Å²) in [7, 11) is -3.69. The van der Waals surface area contributed by atoms with Crippen molar-refractivity contribution in [2.45, 2.75) is 57.0 Å². The molecule has 25 heavy (non-hydrogen) atoms. The number of hydrogen-bond donors (Lipinski definition) is 2. The molecule has 1 unspecified atom stereocenters. The van der Waals surface area contributed by atoms with Crippen molar-refractivity contribution in [2.75, 3.05) is 6.54 Å². The molecule has 0 aliphatic carbocycles. The van der Waals surface area contributed by atoms with E-state index in [-0.39, 0.29) is 16.5 Å². The summed E-state index contributed by atoms with van der Waals surface area (Å²) in [6, 6.07) is 3.25. The molecule has 2 atom stereocenters. The maximum Gasteiger partial charge on any atom is 0.325 e. The number of carbonyl (C=O) groups is 2. The van der Waals surface area contributed by atoms with Crippen LogP contribution >= 0.6 is 0 Å². The van der Waals surface area contributed by atoms with Gasteiger partial charge in [-0.3, -0.25) is 9.59 Å². The molecule has 1 aliphatic heterocycles. The van der Waals surface area contributed by atoms with E-state index in [4.69, 9.17) is 5.11 Å². The molecule has 0 spiro atoms. The van der Waals surface area contributed by atoms with Crippen LogP contribution in [-0.2, 0) is 14.8 Å². The smallest absolute Gasteiger partial charge is 0.325 e. The van der Waals surface area contributed by atoms with E-state index in [0.29, 0.717) is 12.1 Å². The number of aliphatic carboxylic acids is 1.